The van der Waals surface area contributed by atoms with Crippen molar-refractivity contribution in [3.05, 3.63) is 0 Å². The Morgan fingerprint density at radius 3 is 1.04 bits per heavy atom. The molecule has 8 aliphatic carbocycles. The fraction of sp³-hybridized carbons (Fsp3) is 0.952. The predicted molar refractivity (Wildman–Crippen MR) is 92.8 cm³/mol. The highest BCUT2D eigenvalue weighted by atomic mass is 15.1. The molecule has 23 heavy (non-hydrogen) atoms. The molecule has 2 nitrogen and oxygen atoms in total. The summed E-state index contributed by atoms with van der Waals surface area (Å²) in [6, 6.07) is 0. The van der Waals surface area contributed by atoms with Crippen LogP contribution in [0.1, 0.15) is 77.0 Å². The van der Waals surface area contributed by atoms with Gasteiger partial charge in [-0.25, -0.2) is 0 Å². The Kier molecular flexibility index (Phi) is 2.60. The normalized spacial score (nSPS) is 58.6. The summed E-state index contributed by atoms with van der Waals surface area (Å²) in [5, 5.41) is 4.68. The molecule has 2 N–H and O–H groups in total. The maximum Gasteiger partial charge on any atom is 0.0499 e. The second-order valence-electron chi connectivity index (χ2n) is 10.9. The smallest absolute Gasteiger partial charge is 0.0499 e. The largest absolute Gasteiger partial charge is 0.323 e. The number of nitrogens with zero attached hydrogens (tertiary/aromatic N) is 1. The van der Waals surface area contributed by atoms with E-state index in [2.05, 4.69) is 5.10 Å². The van der Waals surface area contributed by atoms with Gasteiger partial charge in [0.2, 0.25) is 0 Å². The van der Waals surface area contributed by atoms with Gasteiger partial charge in [0.05, 0.1) is 0 Å². The monoisotopic (exact) mass is 312 g/mol. The Morgan fingerprint density at radius 2 is 0.826 bits per heavy atom. The van der Waals surface area contributed by atoms with Crippen LogP contribution in [0.4, 0.5) is 0 Å². The van der Waals surface area contributed by atoms with Crippen molar-refractivity contribution in [3.63, 3.8) is 0 Å². The van der Waals surface area contributed by atoms with Gasteiger partial charge in [0, 0.05) is 16.5 Å². The van der Waals surface area contributed by atoms with Crippen molar-refractivity contribution >= 4 is 5.71 Å². The lowest BCUT2D eigenvalue weighted by molar-refractivity contribution is -0.0454. The molecule has 0 spiro atoms. The van der Waals surface area contributed by atoms with Crippen LogP contribution in [-0.2, 0) is 0 Å². The third-order valence-electron chi connectivity index (χ3n) is 9.21. The van der Waals surface area contributed by atoms with E-state index in [1.54, 1.807) is 5.71 Å². The highest BCUT2D eigenvalue weighted by Crippen LogP contribution is 2.67. The molecule has 0 aromatic heterocycles. The van der Waals surface area contributed by atoms with Crippen molar-refractivity contribution < 1.29 is 0 Å². The first-order chi connectivity index (χ1) is 11.2. The van der Waals surface area contributed by atoms with Crippen LogP contribution in [0.2, 0.25) is 0 Å². The molecule has 8 bridgehead atoms. The van der Waals surface area contributed by atoms with E-state index < -0.39 is 0 Å². The van der Waals surface area contributed by atoms with Crippen LogP contribution in [0.3, 0.4) is 0 Å². The van der Waals surface area contributed by atoms with E-state index in [1.165, 1.54) is 77.0 Å². The minimum atomic E-state index is 0.440. The quantitative estimate of drug-likeness (QED) is 0.446. The van der Waals surface area contributed by atoms with E-state index in [0.29, 0.717) is 10.8 Å². The van der Waals surface area contributed by atoms with Crippen LogP contribution < -0.4 is 5.84 Å². The van der Waals surface area contributed by atoms with E-state index >= 15 is 0 Å². The van der Waals surface area contributed by atoms with Crippen LogP contribution in [0, 0.1) is 46.3 Å². The SMILES string of the molecule is NN=C(C12CC3CC(CC(C3)C1)C2)C12CC3CC(CC(C3)C1)C2. The molecule has 0 atom stereocenters. The molecule has 0 heterocycles. The molecule has 8 rings (SSSR count). The van der Waals surface area contributed by atoms with E-state index in [4.69, 9.17) is 5.84 Å². The van der Waals surface area contributed by atoms with E-state index in [-0.39, 0.29) is 0 Å². The fourth-order valence-corrected chi connectivity index (χ4v) is 9.64. The first kappa shape index (κ1) is 13.7. The highest BCUT2D eigenvalue weighted by molar-refractivity contribution is 5.96. The van der Waals surface area contributed by atoms with Crippen molar-refractivity contribution in [1.29, 1.82) is 0 Å². The van der Waals surface area contributed by atoms with Crippen LogP contribution >= 0.6 is 0 Å². The molecule has 0 radical (unpaired) electrons. The second kappa shape index (κ2) is 4.35. The van der Waals surface area contributed by atoms with Crippen molar-refractivity contribution in [2.45, 2.75) is 77.0 Å². The van der Waals surface area contributed by atoms with E-state index in [1.807, 2.05) is 0 Å². The summed E-state index contributed by atoms with van der Waals surface area (Å²) in [7, 11) is 0. The minimum Gasteiger partial charge on any atom is -0.323 e. The summed E-state index contributed by atoms with van der Waals surface area (Å²) < 4.78 is 0. The van der Waals surface area contributed by atoms with Gasteiger partial charge in [-0.15, -0.1) is 0 Å². The van der Waals surface area contributed by atoms with Gasteiger partial charge < -0.3 is 5.84 Å². The minimum absolute atomic E-state index is 0.440. The first-order valence-electron chi connectivity index (χ1n) is 10.5. The zero-order valence-electron chi connectivity index (χ0n) is 14.5. The maximum atomic E-state index is 6.20. The molecule has 0 aromatic carbocycles. The third-order valence-corrected chi connectivity index (χ3v) is 9.21. The molecular formula is C21H32N2. The zero-order valence-corrected chi connectivity index (χ0v) is 14.5. The lowest BCUT2D eigenvalue weighted by atomic mass is 9.41. The molecule has 2 heteroatoms. The topological polar surface area (TPSA) is 38.4 Å². The van der Waals surface area contributed by atoms with Crippen molar-refractivity contribution in [2.75, 3.05) is 0 Å². The summed E-state index contributed by atoms with van der Waals surface area (Å²) in [6.07, 6.45) is 17.8. The predicted octanol–water partition coefficient (Wildman–Crippen LogP) is 4.73. The van der Waals surface area contributed by atoms with E-state index in [0.717, 1.165) is 35.5 Å². The second-order valence-corrected chi connectivity index (χ2v) is 10.9. The molecular weight excluding hydrogens is 280 g/mol. The Bertz CT molecular complexity index is 444. The molecule has 8 fully saturated rings. The van der Waals surface area contributed by atoms with Gasteiger partial charge in [-0.1, -0.05) is 0 Å². The van der Waals surface area contributed by atoms with Gasteiger partial charge in [0.25, 0.3) is 0 Å². The molecule has 0 amide bonds. The molecule has 0 unspecified atom stereocenters. The molecule has 0 aliphatic heterocycles. The molecule has 8 saturated carbocycles. The van der Waals surface area contributed by atoms with Gasteiger partial charge in [-0.05, 0) is 113 Å². The number of rotatable bonds is 2. The summed E-state index contributed by atoms with van der Waals surface area (Å²) in [6.45, 7) is 0. The average Bonchev–Trinajstić information content (AvgIpc) is 2.43. The summed E-state index contributed by atoms with van der Waals surface area (Å²) in [5.74, 6) is 12.2. The molecule has 0 saturated heterocycles. The van der Waals surface area contributed by atoms with Gasteiger partial charge in [0.15, 0.2) is 0 Å². The van der Waals surface area contributed by atoms with Crippen LogP contribution in [-0.4, -0.2) is 5.71 Å². The number of hydrogen-bond donors (Lipinski definition) is 1. The number of nitrogens with two attached hydrogens (primary N) is 1. The Labute approximate surface area is 140 Å². The highest BCUT2D eigenvalue weighted by Gasteiger charge is 2.61. The van der Waals surface area contributed by atoms with Crippen molar-refractivity contribution in [3.8, 4) is 0 Å². The maximum absolute atomic E-state index is 6.20. The lowest BCUT2D eigenvalue weighted by Gasteiger charge is -2.63. The van der Waals surface area contributed by atoms with Gasteiger partial charge in [-0.3, -0.25) is 0 Å². The Hall–Kier alpha value is -0.530. The molecule has 0 aromatic rings. The lowest BCUT2D eigenvalue weighted by Crippen LogP contribution is -2.59. The standard InChI is InChI=1S/C21H32N2/c22-23-19(20-7-13-1-14(8-20)3-15(2-13)9-20)21-10-16-4-17(11-21)6-18(5-16)12-21/h13-18H,1-12,22H2. The Balaban J connectivity index is 1.41. The van der Waals surface area contributed by atoms with Gasteiger partial charge in [-0.2, -0.15) is 5.10 Å². The van der Waals surface area contributed by atoms with E-state index in [9.17, 15) is 0 Å². The first-order valence-corrected chi connectivity index (χ1v) is 10.5. The Morgan fingerprint density at radius 1 is 0.565 bits per heavy atom. The van der Waals surface area contributed by atoms with Crippen LogP contribution in [0.15, 0.2) is 5.10 Å². The van der Waals surface area contributed by atoms with Gasteiger partial charge >= 0.3 is 0 Å². The number of hydrogen-bond acceptors (Lipinski definition) is 2. The zero-order chi connectivity index (χ0) is 15.2. The van der Waals surface area contributed by atoms with Crippen molar-refractivity contribution in [2.24, 2.45) is 57.3 Å². The molecule has 126 valence electrons. The molecule has 8 aliphatic rings. The van der Waals surface area contributed by atoms with Gasteiger partial charge in [0.1, 0.15) is 0 Å². The van der Waals surface area contributed by atoms with Crippen LogP contribution in [0.25, 0.3) is 0 Å². The summed E-state index contributed by atoms with van der Waals surface area (Å²) in [4.78, 5) is 0. The average molecular weight is 313 g/mol. The summed E-state index contributed by atoms with van der Waals surface area (Å²) >= 11 is 0. The summed E-state index contributed by atoms with van der Waals surface area (Å²) in [5.41, 5.74) is 2.44. The van der Waals surface area contributed by atoms with Crippen LogP contribution in [0.5, 0.6) is 0 Å². The fourth-order valence-electron chi connectivity index (χ4n) is 9.64. The third kappa shape index (κ3) is 1.79. The number of hydrazone groups is 1. The van der Waals surface area contributed by atoms with Crippen molar-refractivity contribution in [1.82, 2.24) is 0 Å².